The van der Waals surface area contributed by atoms with Crippen molar-refractivity contribution in [3.63, 3.8) is 0 Å². The Morgan fingerprint density at radius 1 is 1.04 bits per heavy atom. The summed E-state index contributed by atoms with van der Waals surface area (Å²) in [5.41, 5.74) is 3.32. The monoisotopic (exact) mass is 443 g/mol. The predicted molar refractivity (Wildman–Crippen MR) is 115 cm³/mol. The van der Waals surface area contributed by atoms with Gasteiger partial charge in [0, 0.05) is 15.7 Å². The lowest BCUT2D eigenvalue weighted by Crippen LogP contribution is -2.10. The summed E-state index contributed by atoms with van der Waals surface area (Å²) in [6.45, 7) is 8.17. The van der Waals surface area contributed by atoms with Crippen LogP contribution in [0.4, 0.5) is 0 Å². The molecule has 0 aliphatic carbocycles. The number of Topliss-reactive ketones (excluding diaryl/α,β-unsaturated/α-hetero) is 1. The van der Waals surface area contributed by atoms with E-state index < -0.39 is 0 Å². The van der Waals surface area contributed by atoms with Gasteiger partial charge in [0.05, 0.1) is 5.75 Å². The summed E-state index contributed by atoms with van der Waals surface area (Å²) in [5.74, 6) is 1.25. The molecule has 0 fully saturated rings. The Morgan fingerprint density at radius 3 is 2.22 bits per heavy atom. The first-order valence-corrected chi connectivity index (χ1v) is 10.5. The zero-order valence-corrected chi connectivity index (χ0v) is 18.3. The van der Waals surface area contributed by atoms with E-state index in [2.05, 4.69) is 71.2 Å². The van der Waals surface area contributed by atoms with Crippen molar-refractivity contribution in [1.82, 2.24) is 14.8 Å². The first-order valence-electron chi connectivity index (χ1n) is 8.70. The Kier molecular flexibility index (Phi) is 5.86. The van der Waals surface area contributed by atoms with E-state index in [1.54, 1.807) is 6.92 Å². The van der Waals surface area contributed by atoms with Crippen LogP contribution in [0.25, 0.3) is 17.1 Å². The number of carbonyl (C=O) groups is 1. The van der Waals surface area contributed by atoms with Crippen LogP contribution in [0.5, 0.6) is 0 Å². The zero-order valence-electron chi connectivity index (χ0n) is 15.9. The van der Waals surface area contributed by atoms with Gasteiger partial charge in [-0.1, -0.05) is 72.7 Å². The molecule has 0 bridgehead atoms. The minimum Gasteiger partial charge on any atom is -0.299 e. The molecule has 2 aromatic carbocycles. The molecule has 1 heterocycles. The molecule has 27 heavy (non-hydrogen) atoms. The summed E-state index contributed by atoms with van der Waals surface area (Å²) >= 11 is 4.88. The van der Waals surface area contributed by atoms with Gasteiger partial charge in [-0.25, -0.2) is 0 Å². The smallest absolute Gasteiger partial charge is 0.196 e. The van der Waals surface area contributed by atoms with Crippen molar-refractivity contribution in [3.8, 4) is 17.1 Å². The van der Waals surface area contributed by atoms with Gasteiger partial charge in [0.15, 0.2) is 11.0 Å². The second-order valence-electron chi connectivity index (χ2n) is 7.44. The van der Waals surface area contributed by atoms with Crippen LogP contribution in [-0.2, 0) is 10.2 Å². The van der Waals surface area contributed by atoms with Gasteiger partial charge in [0.25, 0.3) is 0 Å². The van der Waals surface area contributed by atoms with E-state index in [-0.39, 0.29) is 11.2 Å². The fraction of sp³-hybridized carbons (Fsp3) is 0.286. The second kappa shape index (κ2) is 7.98. The van der Waals surface area contributed by atoms with E-state index in [1.165, 1.54) is 17.3 Å². The van der Waals surface area contributed by atoms with E-state index in [0.29, 0.717) is 10.9 Å². The Balaban J connectivity index is 2.07. The molecule has 1 aromatic heterocycles. The molecule has 0 amide bonds. The minimum atomic E-state index is 0.0976. The molecule has 4 nitrogen and oxygen atoms in total. The van der Waals surface area contributed by atoms with Gasteiger partial charge in [-0.15, -0.1) is 10.2 Å². The molecule has 0 aliphatic rings. The highest BCUT2D eigenvalue weighted by atomic mass is 79.9. The summed E-state index contributed by atoms with van der Waals surface area (Å²) in [5, 5.41) is 9.48. The number of hydrogen-bond donors (Lipinski definition) is 0. The first kappa shape index (κ1) is 19.8. The number of ketones is 1. The molecular weight excluding hydrogens is 422 g/mol. The molecule has 3 rings (SSSR count). The van der Waals surface area contributed by atoms with Crippen molar-refractivity contribution in [1.29, 1.82) is 0 Å². The third-order valence-electron chi connectivity index (χ3n) is 4.13. The van der Waals surface area contributed by atoms with Gasteiger partial charge in [-0.3, -0.25) is 9.36 Å². The van der Waals surface area contributed by atoms with Crippen molar-refractivity contribution in [2.24, 2.45) is 0 Å². The lowest BCUT2D eigenvalue weighted by Gasteiger charge is -2.19. The molecule has 0 saturated carbocycles. The third kappa shape index (κ3) is 4.68. The van der Waals surface area contributed by atoms with Crippen LogP contribution in [-0.4, -0.2) is 26.3 Å². The van der Waals surface area contributed by atoms with Crippen molar-refractivity contribution in [3.05, 3.63) is 58.6 Å². The average Bonchev–Trinajstić information content (AvgIpc) is 3.04. The van der Waals surface area contributed by atoms with Crippen molar-refractivity contribution in [2.45, 2.75) is 38.3 Å². The fourth-order valence-electron chi connectivity index (χ4n) is 2.66. The zero-order chi connectivity index (χ0) is 19.6. The molecule has 0 unspecified atom stereocenters. The fourth-order valence-corrected chi connectivity index (χ4v) is 3.68. The Bertz CT molecular complexity index is 941. The van der Waals surface area contributed by atoms with E-state index in [4.69, 9.17) is 0 Å². The molecule has 140 valence electrons. The quantitative estimate of drug-likeness (QED) is 0.476. The van der Waals surface area contributed by atoms with Gasteiger partial charge < -0.3 is 0 Å². The third-order valence-corrected chi connectivity index (χ3v) is 5.73. The summed E-state index contributed by atoms with van der Waals surface area (Å²) in [4.78, 5) is 11.4. The topological polar surface area (TPSA) is 47.8 Å². The standard InChI is InChI=1S/C21H22BrN3OS/c1-14(26)13-27-20-24-23-19(25(20)18-11-9-17(22)10-12-18)15-5-7-16(8-6-15)21(2,3)4/h5-12H,13H2,1-4H3. The van der Waals surface area contributed by atoms with Gasteiger partial charge in [0.2, 0.25) is 0 Å². The second-order valence-corrected chi connectivity index (χ2v) is 9.29. The minimum absolute atomic E-state index is 0.0976. The molecule has 0 saturated heterocycles. The largest absolute Gasteiger partial charge is 0.299 e. The van der Waals surface area contributed by atoms with Crippen LogP contribution in [0.1, 0.15) is 33.3 Å². The Morgan fingerprint density at radius 2 is 1.67 bits per heavy atom. The molecule has 0 aliphatic heterocycles. The maximum absolute atomic E-state index is 11.4. The molecule has 0 atom stereocenters. The van der Waals surface area contributed by atoms with Gasteiger partial charge in [0.1, 0.15) is 5.78 Å². The van der Waals surface area contributed by atoms with Crippen LogP contribution in [0, 0.1) is 0 Å². The lowest BCUT2D eigenvalue weighted by molar-refractivity contribution is -0.114. The summed E-state index contributed by atoms with van der Waals surface area (Å²) in [7, 11) is 0. The molecule has 0 spiro atoms. The normalized spacial score (nSPS) is 11.6. The number of hydrogen-bond acceptors (Lipinski definition) is 4. The van der Waals surface area contributed by atoms with Crippen molar-refractivity contribution in [2.75, 3.05) is 5.75 Å². The summed E-state index contributed by atoms with van der Waals surface area (Å²) in [6.07, 6.45) is 0. The Labute approximate surface area is 172 Å². The lowest BCUT2D eigenvalue weighted by atomic mass is 9.87. The summed E-state index contributed by atoms with van der Waals surface area (Å²) < 4.78 is 3.01. The number of halogens is 1. The molecule has 6 heteroatoms. The highest BCUT2D eigenvalue weighted by Gasteiger charge is 2.18. The predicted octanol–water partition coefficient (Wildman–Crippen LogP) is 5.68. The SMILES string of the molecule is CC(=O)CSc1nnc(-c2ccc(C(C)(C)C)cc2)n1-c1ccc(Br)cc1. The molecule has 3 aromatic rings. The van der Waals surface area contributed by atoms with Crippen molar-refractivity contribution < 1.29 is 4.79 Å². The van der Waals surface area contributed by atoms with Crippen LogP contribution in [0.2, 0.25) is 0 Å². The van der Waals surface area contributed by atoms with Gasteiger partial charge in [-0.05, 0) is 42.2 Å². The number of benzene rings is 2. The van der Waals surface area contributed by atoms with Gasteiger partial charge >= 0.3 is 0 Å². The van der Waals surface area contributed by atoms with E-state index in [0.717, 1.165) is 21.5 Å². The van der Waals surface area contributed by atoms with Crippen LogP contribution < -0.4 is 0 Å². The number of aromatic nitrogens is 3. The van der Waals surface area contributed by atoms with Crippen LogP contribution in [0.3, 0.4) is 0 Å². The average molecular weight is 444 g/mol. The first-order chi connectivity index (χ1) is 12.8. The highest BCUT2D eigenvalue weighted by Crippen LogP contribution is 2.30. The number of rotatable bonds is 5. The molecule has 0 radical (unpaired) electrons. The van der Waals surface area contributed by atoms with Crippen molar-refractivity contribution >= 4 is 33.5 Å². The Hall–Kier alpha value is -1.92. The van der Waals surface area contributed by atoms with E-state index in [1.807, 2.05) is 28.8 Å². The number of thioether (sulfide) groups is 1. The van der Waals surface area contributed by atoms with Crippen LogP contribution in [0.15, 0.2) is 58.2 Å². The maximum atomic E-state index is 11.4. The molecule has 0 N–H and O–H groups in total. The van der Waals surface area contributed by atoms with Gasteiger partial charge in [-0.2, -0.15) is 0 Å². The van der Waals surface area contributed by atoms with Crippen LogP contribution >= 0.6 is 27.7 Å². The molecular formula is C21H22BrN3OS. The van der Waals surface area contributed by atoms with E-state index in [9.17, 15) is 4.79 Å². The highest BCUT2D eigenvalue weighted by molar-refractivity contribution is 9.10. The summed E-state index contributed by atoms with van der Waals surface area (Å²) in [6, 6.07) is 16.4. The maximum Gasteiger partial charge on any atom is 0.196 e. The number of carbonyl (C=O) groups excluding carboxylic acids is 1. The number of nitrogens with zero attached hydrogens (tertiary/aromatic N) is 3. The van der Waals surface area contributed by atoms with E-state index >= 15 is 0 Å².